The summed E-state index contributed by atoms with van der Waals surface area (Å²) in [5.41, 5.74) is -1.21. The smallest absolute Gasteiger partial charge is 0.0752 e. The molecule has 0 spiro atoms. The SMILES string of the molecule is CC12CCC(C(O)(CCO)C1)C(C)(C)O2. The van der Waals surface area contributed by atoms with Crippen molar-refractivity contribution in [3.8, 4) is 0 Å². The minimum atomic E-state index is -0.733. The lowest BCUT2D eigenvalue weighted by Crippen LogP contribution is -2.66. The third-order valence-electron chi connectivity index (χ3n) is 4.18. The molecule has 3 atom stereocenters. The summed E-state index contributed by atoms with van der Waals surface area (Å²) >= 11 is 0. The summed E-state index contributed by atoms with van der Waals surface area (Å²) in [6.07, 6.45) is 3.16. The Bertz CT molecular complexity index is 261. The summed E-state index contributed by atoms with van der Waals surface area (Å²) in [7, 11) is 0. The van der Waals surface area contributed by atoms with Crippen molar-refractivity contribution in [1.29, 1.82) is 0 Å². The summed E-state index contributed by atoms with van der Waals surface area (Å²) in [5, 5.41) is 19.7. The molecule has 1 saturated carbocycles. The Balaban J connectivity index is 2.30. The average Bonchev–Trinajstić information content (AvgIpc) is 1.98. The molecule has 3 heteroatoms. The van der Waals surface area contributed by atoms with E-state index in [-0.39, 0.29) is 23.7 Å². The first-order chi connectivity index (χ1) is 6.81. The highest BCUT2D eigenvalue weighted by atomic mass is 16.5. The molecule has 0 radical (unpaired) electrons. The average molecular weight is 214 g/mol. The van der Waals surface area contributed by atoms with Crippen LogP contribution in [0.15, 0.2) is 0 Å². The Morgan fingerprint density at radius 2 is 2.00 bits per heavy atom. The zero-order valence-corrected chi connectivity index (χ0v) is 9.92. The van der Waals surface area contributed by atoms with Crippen LogP contribution in [0, 0.1) is 5.92 Å². The van der Waals surface area contributed by atoms with Gasteiger partial charge in [-0.2, -0.15) is 0 Å². The molecule has 3 fully saturated rings. The number of aliphatic hydroxyl groups is 2. The van der Waals surface area contributed by atoms with Crippen LogP contribution in [0.5, 0.6) is 0 Å². The van der Waals surface area contributed by atoms with E-state index in [2.05, 4.69) is 20.8 Å². The van der Waals surface area contributed by atoms with Gasteiger partial charge >= 0.3 is 0 Å². The molecule has 0 amide bonds. The van der Waals surface area contributed by atoms with Gasteiger partial charge in [0.25, 0.3) is 0 Å². The third kappa shape index (κ3) is 1.71. The van der Waals surface area contributed by atoms with Gasteiger partial charge in [-0.3, -0.25) is 0 Å². The lowest BCUT2D eigenvalue weighted by molar-refractivity contribution is -0.299. The van der Waals surface area contributed by atoms with Crippen LogP contribution in [0.3, 0.4) is 0 Å². The molecular weight excluding hydrogens is 192 g/mol. The molecule has 0 aromatic heterocycles. The van der Waals surface area contributed by atoms with Gasteiger partial charge in [-0.05, 0) is 40.0 Å². The van der Waals surface area contributed by atoms with Crippen molar-refractivity contribution in [2.45, 2.75) is 63.3 Å². The number of aliphatic hydroxyl groups excluding tert-OH is 1. The van der Waals surface area contributed by atoms with Gasteiger partial charge in [-0.25, -0.2) is 0 Å². The van der Waals surface area contributed by atoms with Gasteiger partial charge in [-0.1, -0.05) is 0 Å². The van der Waals surface area contributed by atoms with Crippen LogP contribution < -0.4 is 0 Å². The van der Waals surface area contributed by atoms with Crippen molar-refractivity contribution < 1.29 is 14.9 Å². The fourth-order valence-corrected chi connectivity index (χ4v) is 3.82. The Morgan fingerprint density at radius 1 is 1.33 bits per heavy atom. The Hall–Kier alpha value is -0.120. The van der Waals surface area contributed by atoms with E-state index < -0.39 is 5.60 Å². The topological polar surface area (TPSA) is 49.7 Å². The maximum Gasteiger partial charge on any atom is 0.0752 e. The second-order valence-electron chi connectivity index (χ2n) is 6.00. The van der Waals surface area contributed by atoms with Gasteiger partial charge in [0.05, 0.1) is 16.8 Å². The van der Waals surface area contributed by atoms with Crippen molar-refractivity contribution >= 4 is 0 Å². The van der Waals surface area contributed by atoms with Gasteiger partial charge in [0.1, 0.15) is 0 Å². The number of fused-ring (bicyclic) bond motifs is 3. The highest BCUT2D eigenvalue weighted by molar-refractivity contribution is 5.09. The van der Waals surface area contributed by atoms with Crippen LogP contribution in [-0.2, 0) is 4.74 Å². The predicted octanol–water partition coefficient (Wildman–Crippen LogP) is 1.47. The second-order valence-corrected chi connectivity index (χ2v) is 6.00. The zero-order chi connectivity index (χ0) is 11.3. The van der Waals surface area contributed by atoms with Gasteiger partial charge in [-0.15, -0.1) is 0 Å². The molecule has 2 aliphatic heterocycles. The van der Waals surface area contributed by atoms with Crippen molar-refractivity contribution in [2.24, 2.45) is 5.92 Å². The lowest BCUT2D eigenvalue weighted by Gasteiger charge is -2.61. The van der Waals surface area contributed by atoms with E-state index in [0.29, 0.717) is 12.8 Å². The molecule has 2 heterocycles. The van der Waals surface area contributed by atoms with Gasteiger partial charge in [0.15, 0.2) is 0 Å². The normalized spacial score (nSPS) is 48.2. The Morgan fingerprint density at radius 3 is 2.47 bits per heavy atom. The first kappa shape index (κ1) is 11.4. The van der Waals surface area contributed by atoms with E-state index in [1.807, 2.05) is 0 Å². The summed E-state index contributed by atoms with van der Waals surface area (Å²) in [4.78, 5) is 0. The highest BCUT2D eigenvalue weighted by Gasteiger charge is 2.59. The van der Waals surface area contributed by atoms with Gasteiger partial charge < -0.3 is 14.9 Å². The van der Waals surface area contributed by atoms with Crippen LogP contribution >= 0.6 is 0 Å². The molecule has 2 bridgehead atoms. The molecule has 2 saturated heterocycles. The zero-order valence-electron chi connectivity index (χ0n) is 9.92. The van der Waals surface area contributed by atoms with Crippen molar-refractivity contribution in [1.82, 2.24) is 0 Å². The molecule has 3 nitrogen and oxygen atoms in total. The fourth-order valence-electron chi connectivity index (χ4n) is 3.82. The first-order valence-corrected chi connectivity index (χ1v) is 5.85. The molecule has 1 aliphatic carbocycles. The van der Waals surface area contributed by atoms with Crippen LogP contribution in [0.2, 0.25) is 0 Å². The Kier molecular flexibility index (Phi) is 2.42. The van der Waals surface area contributed by atoms with E-state index in [0.717, 1.165) is 12.8 Å². The maximum absolute atomic E-state index is 10.6. The van der Waals surface area contributed by atoms with Crippen LogP contribution in [-0.4, -0.2) is 33.6 Å². The third-order valence-corrected chi connectivity index (χ3v) is 4.18. The second kappa shape index (κ2) is 3.19. The van der Waals surface area contributed by atoms with Gasteiger partial charge in [0.2, 0.25) is 0 Å². The number of ether oxygens (including phenoxy) is 1. The molecule has 0 aromatic carbocycles. The lowest BCUT2D eigenvalue weighted by atomic mass is 9.59. The van der Waals surface area contributed by atoms with Gasteiger partial charge in [0, 0.05) is 18.9 Å². The number of hydrogen-bond acceptors (Lipinski definition) is 3. The van der Waals surface area contributed by atoms with E-state index in [4.69, 9.17) is 9.84 Å². The van der Waals surface area contributed by atoms with E-state index in [9.17, 15) is 5.11 Å². The standard InChI is InChI=1S/C12H22O3/c1-10(2)9-4-5-11(3,15-10)8-12(9,14)6-7-13/h9,13-14H,4-8H2,1-3H3. The number of hydrogen-bond donors (Lipinski definition) is 2. The molecular formula is C12H22O3. The van der Waals surface area contributed by atoms with E-state index >= 15 is 0 Å². The largest absolute Gasteiger partial charge is 0.396 e. The first-order valence-electron chi connectivity index (χ1n) is 5.85. The maximum atomic E-state index is 10.6. The highest BCUT2D eigenvalue weighted by Crippen LogP contribution is 2.55. The Labute approximate surface area is 91.4 Å². The predicted molar refractivity (Wildman–Crippen MR) is 57.6 cm³/mol. The molecule has 88 valence electrons. The molecule has 3 aliphatic rings. The fraction of sp³-hybridized carbons (Fsp3) is 1.00. The molecule has 2 N–H and O–H groups in total. The molecule has 3 rings (SSSR count). The minimum absolute atomic E-state index is 0.0547. The summed E-state index contributed by atoms with van der Waals surface area (Å²) in [6, 6.07) is 0. The monoisotopic (exact) mass is 214 g/mol. The summed E-state index contributed by atoms with van der Waals surface area (Å²) in [5.74, 6) is 0.152. The number of rotatable bonds is 2. The van der Waals surface area contributed by atoms with E-state index in [1.54, 1.807) is 0 Å². The molecule has 15 heavy (non-hydrogen) atoms. The van der Waals surface area contributed by atoms with E-state index in [1.165, 1.54) is 0 Å². The summed E-state index contributed by atoms with van der Waals surface area (Å²) < 4.78 is 6.06. The van der Waals surface area contributed by atoms with Crippen LogP contribution in [0.1, 0.15) is 46.5 Å². The summed E-state index contributed by atoms with van der Waals surface area (Å²) in [6.45, 7) is 6.23. The molecule has 0 aromatic rings. The quantitative estimate of drug-likeness (QED) is 0.732. The van der Waals surface area contributed by atoms with Crippen LogP contribution in [0.25, 0.3) is 0 Å². The minimum Gasteiger partial charge on any atom is -0.396 e. The van der Waals surface area contributed by atoms with Crippen molar-refractivity contribution in [2.75, 3.05) is 6.61 Å². The van der Waals surface area contributed by atoms with Crippen LogP contribution in [0.4, 0.5) is 0 Å². The molecule has 3 unspecified atom stereocenters. The van der Waals surface area contributed by atoms with Crippen molar-refractivity contribution in [3.63, 3.8) is 0 Å². The van der Waals surface area contributed by atoms with Crippen molar-refractivity contribution in [3.05, 3.63) is 0 Å².